The summed E-state index contributed by atoms with van der Waals surface area (Å²) in [6, 6.07) is 35.0. The van der Waals surface area contributed by atoms with Crippen LogP contribution in [0.15, 0.2) is 150 Å². The van der Waals surface area contributed by atoms with Gasteiger partial charge in [0.15, 0.2) is 5.78 Å². The molecule has 0 radical (unpaired) electrons. The van der Waals surface area contributed by atoms with Gasteiger partial charge >= 0.3 is 20.2 Å². The number of fused-ring (bicyclic) bond motifs is 3. The van der Waals surface area contributed by atoms with E-state index in [-0.39, 0.29) is 27.1 Å². The summed E-state index contributed by atoms with van der Waals surface area (Å²) in [4.78, 5) is 25.9. The van der Waals surface area contributed by atoms with Crippen LogP contribution in [-0.2, 0) is 20.2 Å². The van der Waals surface area contributed by atoms with Crippen molar-refractivity contribution in [1.82, 2.24) is 14.9 Å². The van der Waals surface area contributed by atoms with E-state index in [9.17, 15) is 21.6 Å². The molecular formula is C46H37N3O8S3. The summed E-state index contributed by atoms with van der Waals surface area (Å²) in [5.74, 6) is 0.532. The smallest absolute Gasteiger partial charge is 0.341 e. The fraction of sp³-hybridized carbons (Fsp3) is 0.152. The SMILES string of the molecule is O=C(c1ccc(OCCN2CCCCC2)cc1)c1c(-c2ccc(OS(=O)(=O)c3cccc4cccnc34)cc2)sc2cc(OS(=O)(=O)c3cccc4cccnc34)ccc12. The standard InChI is InChI=1S/C46H37N3O8S3/c50-45(33-14-18-35(19-15-33)55-29-28-49-26-2-1-3-27-49)42-38-23-22-37(57-60(53,54)41-13-5-9-32-11-7-25-48-44(32)41)30-39(38)58-46(42)34-16-20-36(21-17-34)56-59(51,52)40-12-4-8-31-10-6-24-47-43(31)40/h4-25,30H,1-3,26-29H2. The summed E-state index contributed by atoms with van der Waals surface area (Å²) in [7, 11) is -8.56. The van der Waals surface area contributed by atoms with Crippen molar-refractivity contribution in [3.05, 3.63) is 151 Å². The molecule has 1 fully saturated rings. The first kappa shape index (κ1) is 39.3. The van der Waals surface area contributed by atoms with E-state index in [2.05, 4.69) is 14.9 Å². The Morgan fingerprint density at radius 3 is 1.83 bits per heavy atom. The zero-order valence-corrected chi connectivity index (χ0v) is 34.5. The quantitative estimate of drug-likeness (QED) is 0.0809. The lowest BCUT2D eigenvalue weighted by atomic mass is 9.97. The number of likely N-dealkylation sites (tertiary alicyclic amines) is 1. The van der Waals surface area contributed by atoms with E-state index in [0.717, 1.165) is 19.6 Å². The summed E-state index contributed by atoms with van der Waals surface area (Å²) in [5.41, 5.74) is 2.03. The Balaban J connectivity index is 1.03. The molecule has 1 aliphatic heterocycles. The highest BCUT2D eigenvalue weighted by Gasteiger charge is 2.26. The van der Waals surface area contributed by atoms with Crippen LogP contribution in [0.2, 0.25) is 0 Å². The number of pyridine rings is 2. The van der Waals surface area contributed by atoms with E-state index >= 15 is 0 Å². The predicted octanol–water partition coefficient (Wildman–Crippen LogP) is 9.30. The van der Waals surface area contributed by atoms with Gasteiger partial charge in [-0.3, -0.25) is 19.7 Å². The lowest BCUT2D eigenvalue weighted by molar-refractivity contribution is 0.104. The van der Waals surface area contributed by atoms with E-state index < -0.39 is 20.2 Å². The second kappa shape index (κ2) is 16.5. The van der Waals surface area contributed by atoms with Crippen molar-refractivity contribution in [2.24, 2.45) is 0 Å². The summed E-state index contributed by atoms with van der Waals surface area (Å²) in [5, 5.41) is 1.90. The number of carbonyl (C=O) groups excluding carboxylic acids is 1. The third-order valence-electron chi connectivity index (χ3n) is 10.4. The molecule has 0 spiro atoms. The molecule has 11 nitrogen and oxygen atoms in total. The molecule has 9 rings (SSSR count). The molecule has 3 aromatic heterocycles. The summed E-state index contributed by atoms with van der Waals surface area (Å²) in [6.07, 6.45) is 6.72. The number of aromatic nitrogens is 2. The number of para-hydroxylation sites is 2. The van der Waals surface area contributed by atoms with Gasteiger partial charge < -0.3 is 13.1 Å². The molecule has 302 valence electrons. The van der Waals surface area contributed by atoms with Crippen LogP contribution in [0, 0.1) is 0 Å². The number of ketones is 1. The second-order valence-corrected chi connectivity index (χ2v) is 18.4. The van der Waals surface area contributed by atoms with E-state index in [1.807, 2.05) is 0 Å². The van der Waals surface area contributed by atoms with Gasteiger partial charge in [-0.15, -0.1) is 11.3 Å². The van der Waals surface area contributed by atoms with Crippen LogP contribution in [0.1, 0.15) is 35.2 Å². The number of carbonyl (C=O) groups is 1. The predicted molar refractivity (Wildman–Crippen MR) is 232 cm³/mol. The summed E-state index contributed by atoms with van der Waals surface area (Å²) < 4.78 is 72.0. The molecule has 4 heterocycles. The van der Waals surface area contributed by atoms with Gasteiger partial charge in [-0.2, -0.15) is 16.8 Å². The summed E-state index contributed by atoms with van der Waals surface area (Å²) in [6.45, 7) is 3.55. The number of rotatable bonds is 13. The zero-order valence-electron chi connectivity index (χ0n) is 32.1. The average molecular weight is 856 g/mol. The van der Waals surface area contributed by atoms with E-state index in [1.54, 1.807) is 97.1 Å². The first-order valence-electron chi connectivity index (χ1n) is 19.4. The van der Waals surface area contributed by atoms with E-state index in [0.29, 0.717) is 65.8 Å². The van der Waals surface area contributed by atoms with Gasteiger partial charge in [-0.25, -0.2) is 0 Å². The van der Waals surface area contributed by atoms with Gasteiger partial charge in [0.05, 0.1) is 11.0 Å². The largest absolute Gasteiger partial charge is 0.492 e. The number of hydrogen-bond acceptors (Lipinski definition) is 12. The Kier molecular flexibility index (Phi) is 10.8. The molecule has 0 N–H and O–H groups in total. The maximum atomic E-state index is 14.5. The van der Waals surface area contributed by atoms with Crippen LogP contribution in [0.25, 0.3) is 42.3 Å². The van der Waals surface area contributed by atoms with Crippen molar-refractivity contribution >= 4 is 69.2 Å². The third-order valence-corrected chi connectivity index (χ3v) is 14.2. The average Bonchev–Trinajstić information content (AvgIpc) is 3.65. The van der Waals surface area contributed by atoms with Crippen LogP contribution in [0.5, 0.6) is 17.2 Å². The fourth-order valence-corrected chi connectivity index (χ4v) is 10.9. The lowest BCUT2D eigenvalue weighted by Gasteiger charge is -2.26. The molecule has 0 aliphatic carbocycles. The van der Waals surface area contributed by atoms with Crippen molar-refractivity contribution in [2.45, 2.75) is 29.1 Å². The minimum absolute atomic E-state index is 0.0581. The van der Waals surface area contributed by atoms with Crippen molar-refractivity contribution in [2.75, 3.05) is 26.2 Å². The monoisotopic (exact) mass is 855 g/mol. The van der Waals surface area contributed by atoms with Crippen LogP contribution in [-0.4, -0.2) is 63.7 Å². The Bertz CT molecular complexity index is 3100. The number of benzene rings is 5. The van der Waals surface area contributed by atoms with Crippen molar-refractivity contribution in [1.29, 1.82) is 0 Å². The van der Waals surface area contributed by atoms with E-state index in [4.69, 9.17) is 13.1 Å². The molecule has 0 atom stereocenters. The molecular weight excluding hydrogens is 819 g/mol. The number of nitrogens with zero attached hydrogens (tertiary/aromatic N) is 3. The van der Waals surface area contributed by atoms with Crippen molar-refractivity contribution in [3.8, 4) is 27.7 Å². The second-order valence-electron chi connectivity index (χ2n) is 14.3. The van der Waals surface area contributed by atoms with Crippen LogP contribution >= 0.6 is 11.3 Å². The highest BCUT2D eigenvalue weighted by atomic mass is 32.2. The Hall–Kier alpha value is -6.19. The third kappa shape index (κ3) is 8.06. The minimum Gasteiger partial charge on any atom is -0.492 e. The van der Waals surface area contributed by atoms with Crippen LogP contribution in [0.3, 0.4) is 0 Å². The van der Waals surface area contributed by atoms with Crippen molar-refractivity contribution < 1.29 is 34.7 Å². The van der Waals surface area contributed by atoms with Gasteiger partial charge in [-0.1, -0.05) is 42.8 Å². The Morgan fingerprint density at radius 2 is 1.20 bits per heavy atom. The zero-order chi connectivity index (χ0) is 41.3. The Labute approximate surface area is 351 Å². The number of hydrogen-bond donors (Lipinski definition) is 0. The van der Waals surface area contributed by atoms with Gasteiger partial charge in [0.1, 0.15) is 33.6 Å². The molecule has 1 aliphatic rings. The Morgan fingerprint density at radius 1 is 0.633 bits per heavy atom. The number of thiophene rings is 1. The highest BCUT2D eigenvalue weighted by molar-refractivity contribution is 7.87. The highest BCUT2D eigenvalue weighted by Crippen LogP contribution is 2.42. The number of piperidine rings is 1. The minimum atomic E-state index is -4.30. The van der Waals surface area contributed by atoms with Gasteiger partial charge in [0.2, 0.25) is 0 Å². The molecule has 0 unspecified atom stereocenters. The molecule has 5 aromatic carbocycles. The topological polar surface area (TPSA) is 142 Å². The van der Waals surface area contributed by atoms with Gasteiger partial charge in [0.25, 0.3) is 0 Å². The molecule has 1 saturated heterocycles. The molecule has 14 heteroatoms. The van der Waals surface area contributed by atoms with Crippen LogP contribution < -0.4 is 13.1 Å². The lowest BCUT2D eigenvalue weighted by Crippen LogP contribution is -2.33. The normalized spacial score (nSPS) is 13.7. The van der Waals surface area contributed by atoms with Crippen molar-refractivity contribution in [3.63, 3.8) is 0 Å². The first-order valence-corrected chi connectivity index (χ1v) is 23.0. The molecule has 60 heavy (non-hydrogen) atoms. The molecule has 0 saturated carbocycles. The number of ether oxygens (including phenoxy) is 1. The molecule has 0 bridgehead atoms. The molecule has 0 amide bonds. The fourth-order valence-electron chi connectivity index (χ4n) is 7.44. The van der Waals surface area contributed by atoms with Crippen LogP contribution in [0.4, 0.5) is 0 Å². The maximum Gasteiger partial charge on any atom is 0.341 e. The molecule has 8 aromatic rings. The summed E-state index contributed by atoms with van der Waals surface area (Å²) >= 11 is 1.28. The first-order chi connectivity index (χ1) is 29.1. The maximum absolute atomic E-state index is 14.5. The van der Waals surface area contributed by atoms with Gasteiger partial charge in [0, 0.05) is 55.8 Å². The van der Waals surface area contributed by atoms with Gasteiger partial charge in [-0.05, 0) is 122 Å². The van der Waals surface area contributed by atoms with E-state index in [1.165, 1.54) is 73.3 Å².